The average molecular weight is 230 g/mol. The molecule has 0 aromatic heterocycles. The first-order valence-corrected chi connectivity index (χ1v) is 6.09. The predicted molar refractivity (Wildman–Crippen MR) is 67.6 cm³/mol. The second-order valence-corrected chi connectivity index (χ2v) is 4.74. The van der Waals surface area contributed by atoms with Gasteiger partial charge in [0.1, 0.15) is 0 Å². The second-order valence-electron chi connectivity index (χ2n) is 3.63. The monoisotopic (exact) mass is 230 g/mol. The molecular formula is C14H14OS. The zero-order valence-corrected chi connectivity index (χ0v) is 9.95. The number of aliphatic hydroxyl groups excluding tert-OH is 1. The van der Waals surface area contributed by atoms with E-state index >= 15 is 0 Å². The highest BCUT2D eigenvalue weighted by atomic mass is 32.2. The highest BCUT2D eigenvalue weighted by molar-refractivity contribution is 7.99. The van der Waals surface area contributed by atoms with E-state index in [0.29, 0.717) is 0 Å². The summed E-state index contributed by atoms with van der Waals surface area (Å²) in [4.78, 5) is 2.30. The highest BCUT2D eigenvalue weighted by Crippen LogP contribution is 2.32. The molecular weight excluding hydrogens is 216 g/mol. The fourth-order valence-electron chi connectivity index (χ4n) is 1.53. The van der Waals surface area contributed by atoms with E-state index in [1.165, 1.54) is 4.90 Å². The van der Waals surface area contributed by atoms with E-state index in [2.05, 4.69) is 12.1 Å². The second kappa shape index (κ2) is 5.19. The van der Waals surface area contributed by atoms with Crippen LogP contribution < -0.4 is 0 Å². The van der Waals surface area contributed by atoms with E-state index in [9.17, 15) is 5.11 Å². The largest absolute Gasteiger partial charge is 0.389 e. The Morgan fingerprint density at radius 2 is 1.56 bits per heavy atom. The summed E-state index contributed by atoms with van der Waals surface area (Å²) >= 11 is 1.68. The minimum Gasteiger partial charge on any atom is -0.389 e. The number of hydrogen-bond donors (Lipinski definition) is 1. The van der Waals surface area contributed by atoms with Gasteiger partial charge < -0.3 is 5.11 Å². The minimum atomic E-state index is -0.424. The van der Waals surface area contributed by atoms with Crippen LogP contribution >= 0.6 is 11.8 Å². The molecule has 1 unspecified atom stereocenters. The zero-order chi connectivity index (χ0) is 11.4. The number of benzene rings is 2. The van der Waals surface area contributed by atoms with Crippen LogP contribution in [0.4, 0.5) is 0 Å². The van der Waals surface area contributed by atoms with Crippen molar-refractivity contribution in [3.8, 4) is 0 Å². The van der Waals surface area contributed by atoms with Crippen LogP contribution in [0.5, 0.6) is 0 Å². The van der Waals surface area contributed by atoms with Gasteiger partial charge in [0.25, 0.3) is 0 Å². The lowest BCUT2D eigenvalue weighted by molar-refractivity contribution is 0.196. The third kappa shape index (κ3) is 2.65. The molecule has 0 saturated heterocycles. The molecule has 82 valence electrons. The molecule has 2 aromatic carbocycles. The van der Waals surface area contributed by atoms with Crippen LogP contribution in [-0.4, -0.2) is 5.11 Å². The first-order valence-electron chi connectivity index (χ1n) is 5.27. The molecule has 1 atom stereocenters. The summed E-state index contributed by atoms with van der Waals surface area (Å²) in [5.41, 5.74) is 0.983. The van der Waals surface area contributed by atoms with Crippen molar-refractivity contribution in [2.75, 3.05) is 0 Å². The Kier molecular flexibility index (Phi) is 3.65. The van der Waals surface area contributed by atoms with Gasteiger partial charge in [-0.15, -0.1) is 0 Å². The minimum absolute atomic E-state index is 0.424. The molecule has 0 heterocycles. The molecule has 16 heavy (non-hydrogen) atoms. The summed E-state index contributed by atoms with van der Waals surface area (Å²) in [7, 11) is 0. The Balaban J connectivity index is 2.28. The van der Waals surface area contributed by atoms with Gasteiger partial charge in [-0.3, -0.25) is 0 Å². The lowest BCUT2D eigenvalue weighted by atomic mass is 10.1. The van der Waals surface area contributed by atoms with Crippen molar-refractivity contribution < 1.29 is 5.11 Å². The highest BCUT2D eigenvalue weighted by Gasteiger charge is 2.07. The lowest BCUT2D eigenvalue weighted by Gasteiger charge is -2.10. The first kappa shape index (κ1) is 11.2. The standard InChI is InChI=1S/C14H14OS/c1-11(15)13-9-5-6-10-14(13)16-12-7-3-2-4-8-12/h2-11,15H,1H3. The van der Waals surface area contributed by atoms with Crippen LogP contribution in [0.2, 0.25) is 0 Å². The van der Waals surface area contributed by atoms with E-state index in [0.717, 1.165) is 10.5 Å². The molecule has 0 radical (unpaired) electrons. The fraction of sp³-hybridized carbons (Fsp3) is 0.143. The third-order valence-corrected chi connectivity index (χ3v) is 3.44. The molecule has 2 rings (SSSR count). The van der Waals surface area contributed by atoms with Crippen molar-refractivity contribution in [1.82, 2.24) is 0 Å². The van der Waals surface area contributed by atoms with Crippen LogP contribution in [0.1, 0.15) is 18.6 Å². The Bertz CT molecular complexity index is 451. The maximum atomic E-state index is 9.67. The van der Waals surface area contributed by atoms with Crippen LogP contribution in [-0.2, 0) is 0 Å². The van der Waals surface area contributed by atoms with E-state index in [4.69, 9.17) is 0 Å². The summed E-state index contributed by atoms with van der Waals surface area (Å²) in [6, 6.07) is 18.2. The summed E-state index contributed by atoms with van der Waals surface area (Å²) in [6.45, 7) is 1.80. The average Bonchev–Trinajstić information content (AvgIpc) is 2.31. The normalized spacial score (nSPS) is 12.4. The van der Waals surface area contributed by atoms with Gasteiger partial charge in [-0.05, 0) is 30.7 Å². The van der Waals surface area contributed by atoms with Gasteiger partial charge in [0.2, 0.25) is 0 Å². The van der Waals surface area contributed by atoms with E-state index in [1.54, 1.807) is 18.7 Å². The molecule has 2 aromatic rings. The van der Waals surface area contributed by atoms with Crippen molar-refractivity contribution in [2.24, 2.45) is 0 Å². The van der Waals surface area contributed by atoms with Crippen LogP contribution in [0.15, 0.2) is 64.4 Å². The van der Waals surface area contributed by atoms with Gasteiger partial charge in [-0.2, -0.15) is 0 Å². The molecule has 1 N–H and O–H groups in total. The number of rotatable bonds is 3. The molecule has 0 fully saturated rings. The Hall–Kier alpha value is -1.25. The zero-order valence-electron chi connectivity index (χ0n) is 9.13. The van der Waals surface area contributed by atoms with Gasteiger partial charge in [0.15, 0.2) is 0 Å². The van der Waals surface area contributed by atoms with Crippen molar-refractivity contribution in [3.05, 3.63) is 60.2 Å². The molecule has 0 aliphatic heterocycles. The van der Waals surface area contributed by atoms with Gasteiger partial charge in [-0.1, -0.05) is 48.2 Å². The first-order chi connectivity index (χ1) is 7.77. The van der Waals surface area contributed by atoms with E-state index in [-0.39, 0.29) is 0 Å². The molecule has 2 heteroatoms. The molecule has 0 amide bonds. The van der Waals surface area contributed by atoms with Crippen LogP contribution in [0.3, 0.4) is 0 Å². The Labute approximate surface area is 100 Å². The molecule has 0 spiro atoms. The Morgan fingerprint density at radius 3 is 2.25 bits per heavy atom. The van der Waals surface area contributed by atoms with Gasteiger partial charge in [0.05, 0.1) is 6.10 Å². The van der Waals surface area contributed by atoms with Gasteiger partial charge >= 0.3 is 0 Å². The van der Waals surface area contributed by atoms with Crippen LogP contribution in [0, 0.1) is 0 Å². The summed E-state index contributed by atoms with van der Waals surface area (Å²) in [5.74, 6) is 0. The third-order valence-electron chi connectivity index (χ3n) is 2.34. The molecule has 0 aliphatic carbocycles. The predicted octanol–water partition coefficient (Wildman–Crippen LogP) is 3.89. The molecule has 0 aliphatic rings. The lowest BCUT2D eigenvalue weighted by Crippen LogP contribution is -1.93. The topological polar surface area (TPSA) is 20.2 Å². The quantitative estimate of drug-likeness (QED) is 0.863. The summed E-state index contributed by atoms with van der Waals surface area (Å²) in [6.07, 6.45) is -0.424. The number of aliphatic hydroxyl groups is 1. The molecule has 0 saturated carbocycles. The summed E-state index contributed by atoms with van der Waals surface area (Å²) < 4.78 is 0. The van der Waals surface area contributed by atoms with Gasteiger partial charge in [-0.25, -0.2) is 0 Å². The molecule has 1 nitrogen and oxygen atoms in total. The Morgan fingerprint density at radius 1 is 0.938 bits per heavy atom. The van der Waals surface area contributed by atoms with Crippen molar-refractivity contribution in [3.63, 3.8) is 0 Å². The van der Waals surface area contributed by atoms with E-state index in [1.807, 2.05) is 42.5 Å². The summed E-state index contributed by atoms with van der Waals surface area (Å²) in [5, 5.41) is 9.67. The van der Waals surface area contributed by atoms with Crippen molar-refractivity contribution in [1.29, 1.82) is 0 Å². The maximum Gasteiger partial charge on any atom is 0.0772 e. The smallest absolute Gasteiger partial charge is 0.0772 e. The van der Waals surface area contributed by atoms with Gasteiger partial charge in [0, 0.05) is 9.79 Å². The maximum absolute atomic E-state index is 9.67. The van der Waals surface area contributed by atoms with Crippen molar-refractivity contribution >= 4 is 11.8 Å². The number of hydrogen-bond acceptors (Lipinski definition) is 2. The van der Waals surface area contributed by atoms with E-state index < -0.39 is 6.10 Å². The van der Waals surface area contributed by atoms with Crippen LogP contribution in [0.25, 0.3) is 0 Å². The molecule has 0 bridgehead atoms. The van der Waals surface area contributed by atoms with Crippen molar-refractivity contribution in [2.45, 2.75) is 22.8 Å². The fourth-order valence-corrected chi connectivity index (χ4v) is 2.58. The SMILES string of the molecule is CC(O)c1ccccc1Sc1ccccc1.